The molecule has 6 nitrogen and oxygen atoms in total. The quantitative estimate of drug-likeness (QED) is 0.526. The number of hydrogen-bond acceptors (Lipinski definition) is 6. The number of fused-ring (bicyclic) bond motifs is 3. The maximum atomic E-state index is 13.0. The van der Waals surface area contributed by atoms with Crippen LogP contribution in [0.15, 0.2) is 33.7 Å². The molecule has 1 unspecified atom stereocenters. The largest absolute Gasteiger partial charge is 0.286 e. The van der Waals surface area contributed by atoms with E-state index in [2.05, 4.69) is 15.5 Å². The summed E-state index contributed by atoms with van der Waals surface area (Å²) in [6.45, 7) is 3.69. The summed E-state index contributed by atoms with van der Waals surface area (Å²) in [5.74, 6) is -0.326. The van der Waals surface area contributed by atoms with Gasteiger partial charge in [-0.1, -0.05) is 13.0 Å². The highest BCUT2D eigenvalue weighted by atomic mass is 32.1. The first-order valence-electron chi connectivity index (χ1n) is 9.01. The van der Waals surface area contributed by atoms with Gasteiger partial charge in [-0.3, -0.25) is 14.2 Å². The zero-order chi connectivity index (χ0) is 19.0. The smallest absolute Gasteiger partial charge is 0.263 e. The summed E-state index contributed by atoms with van der Waals surface area (Å²) in [6, 6.07) is 3.24. The third-order valence-corrected chi connectivity index (χ3v) is 7.01. The highest BCUT2D eigenvalue weighted by molar-refractivity contribution is 7.18. The number of hydrazone groups is 1. The summed E-state index contributed by atoms with van der Waals surface area (Å²) >= 11 is 3.18. The van der Waals surface area contributed by atoms with Crippen LogP contribution in [0.1, 0.15) is 48.0 Å². The van der Waals surface area contributed by atoms with E-state index in [1.54, 1.807) is 29.6 Å². The van der Waals surface area contributed by atoms with E-state index in [1.807, 2.05) is 24.4 Å². The summed E-state index contributed by atoms with van der Waals surface area (Å²) in [6.07, 6.45) is 5.21. The van der Waals surface area contributed by atoms with E-state index in [0.717, 1.165) is 40.2 Å². The molecule has 1 aliphatic carbocycles. The van der Waals surface area contributed by atoms with Gasteiger partial charge >= 0.3 is 0 Å². The highest BCUT2D eigenvalue weighted by Crippen LogP contribution is 2.34. The Morgan fingerprint density at radius 3 is 3.04 bits per heavy atom. The number of aryl methyl sites for hydroxylation is 2. The molecule has 0 spiro atoms. The Balaban J connectivity index is 1.61. The molecule has 0 saturated heterocycles. The lowest BCUT2D eigenvalue weighted by Crippen LogP contribution is -2.34. The summed E-state index contributed by atoms with van der Waals surface area (Å²) in [5, 5.41) is 6.93. The summed E-state index contributed by atoms with van der Waals surface area (Å²) in [7, 11) is 0. The molecule has 3 aromatic rings. The lowest BCUT2D eigenvalue weighted by atomic mass is 10.2. The van der Waals surface area contributed by atoms with Crippen molar-refractivity contribution in [1.29, 1.82) is 0 Å². The van der Waals surface area contributed by atoms with Crippen LogP contribution >= 0.6 is 22.7 Å². The van der Waals surface area contributed by atoms with Gasteiger partial charge in [-0.25, -0.2) is 10.4 Å². The molecule has 0 radical (unpaired) electrons. The number of amides is 1. The van der Waals surface area contributed by atoms with Crippen LogP contribution in [0.25, 0.3) is 10.2 Å². The molecule has 3 aromatic heterocycles. The van der Waals surface area contributed by atoms with Crippen LogP contribution < -0.4 is 11.0 Å². The van der Waals surface area contributed by atoms with Crippen LogP contribution in [-0.2, 0) is 17.6 Å². The number of nitrogens with one attached hydrogen (secondary N) is 1. The van der Waals surface area contributed by atoms with E-state index >= 15 is 0 Å². The van der Waals surface area contributed by atoms with Gasteiger partial charge in [-0.15, -0.1) is 22.7 Å². The van der Waals surface area contributed by atoms with Gasteiger partial charge in [0.15, 0.2) is 0 Å². The molecule has 0 fully saturated rings. The molecule has 3 heterocycles. The van der Waals surface area contributed by atoms with Gasteiger partial charge < -0.3 is 0 Å². The van der Waals surface area contributed by atoms with Crippen molar-refractivity contribution in [3.63, 3.8) is 0 Å². The Labute approximate surface area is 164 Å². The first-order valence-corrected chi connectivity index (χ1v) is 10.7. The van der Waals surface area contributed by atoms with Crippen molar-refractivity contribution in [3.8, 4) is 0 Å². The van der Waals surface area contributed by atoms with Crippen molar-refractivity contribution in [2.75, 3.05) is 0 Å². The molecule has 1 amide bonds. The van der Waals surface area contributed by atoms with E-state index in [-0.39, 0.29) is 11.5 Å². The second kappa shape index (κ2) is 7.36. The maximum absolute atomic E-state index is 13.0. The van der Waals surface area contributed by atoms with Crippen LogP contribution in [0.2, 0.25) is 0 Å². The van der Waals surface area contributed by atoms with Gasteiger partial charge in [-0.2, -0.15) is 5.10 Å². The molecular weight excluding hydrogens is 380 g/mol. The van der Waals surface area contributed by atoms with E-state index in [0.29, 0.717) is 11.8 Å². The molecule has 0 aliphatic heterocycles. The van der Waals surface area contributed by atoms with Crippen molar-refractivity contribution in [3.05, 3.63) is 49.5 Å². The fourth-order valence-electron chi connectivity index (χ4n) is 3.37. The number of carbonyl (C=O) groups excluding carboxylic acids is 1. The predicted octanol–water partition coefficient (Wildman–Crippen LogP) is 3.50. The van der Waals surface area contributed by atoms with Crippen LogP contribution in [0.4, 0.5) is 0 Å². The lowest BCUT2D eigenvalue weighted by Gasteiger charge is -2.13. The predicted molar refractivity (Wildman–Crippen MR) is 110 cm³/mol. The normalized spacial score (nSPS) is 15.1. The molecule has 0 saturated carbocycles. The van der Waals surface area contributed by atoms with Crippen LogP contribution in [-0.4, -0.2) is 21.2 Å². The minimum Gasteiger partial charge on any atom is -0.286 e. The average Bonchev–Trinajstić information content (AvgIpc) is 3.39. The SMILES string of the molecule is CC/C(=N\NC(=O)C(C)n1cnc2sc3c(c2c1=O)CCC3)c1cccs1. The van der Waals surface area contributed by atoms with Crippen molar-refractivity contribution < 1.29 is 4.79 Å². The lowest BCUT2D eigenvalue weighted by molar-refractivity contribution is -0.123. The van der Waals surface area contributed by atoms with Gasteiger partial charge in [-0.05, 0) is 49.6 Å². The van der Waals surface area contributed by atoms with Crippen molar-refractivity contribution in [2.45, 2.75) is 45.6 Å². The molecular formula is C19H20N4O2S2. The second-order valence-corrected chi connectivity index (χ2v) is 8.57. The fourth-order valence-corrected chi connectivity index (χ4v) is 5.37. The zero-order valence-corrected chi connectivity index (χ0v) is 16.8. The molecule has 8 heteroatoms. The summed E-state index contributed by atoms with van der Waals surface area (Å²) in [5.41, 5.74) is 4.42. The van der Waals surface area contributed by atoms with Crippen LogP contribution in [0.5, 0.6) is 0 Å². The van der Waals surface area contributed by atoms with Crippen LogP contribution in [0.3, 0.4) is 0 Å². The molecule has 0 bridgehead atoms. The number of thiophene rings is 2. The molecule has 1 atom stereocenters. The average molecular weight is 401 g/mol. The van der Waals surface area contributed by atoms with E-state index in [4.69, 9.17) is 0 Å². The first-order chi connectivity index (χ1) is 13.1. The fraction of sp³-hybridized carbons (Fsp3) is 0.368. The van der Waals surface area contributed by atoms with Crippen molar-refractivity contribution in [1.82, 2.24) is 15.0 Å². The zero-order valence-electron chi connectivity index (χ0n) is 15.2. The van der Waals surface area contributed by atoms with Gasteiger partial charge in [0.2, 0.25) is 0 Å². The van der Waals surface area contributed by atoms with E-state index in [9.17, 15) is 9.59 Å². The standard InChI is InChI=1S/C19H20N4O2S2/c1-3-13(15-8-5-9-26-15)21-22-17(24)11(2)23-10-20-18-16(19(23)25)12-6-4-7-14(12)27-18/h5,8-11H,3-4,6-7H2,1-2H3,(H,22,24)/b21-13+. The Morgan fingerprint density at radius 2 is 2.30 bits per heavy atom. The first kappa shape index (κ1) is 18.1. The minimum absolute atomic E-state index is 0.139. The van der Waals surface area contributed by atoms with Gasteiger partial charge in [0.05, 0.1) is 22.3 Å². The maximum Gasteiger partial charge on any atom is 0.263 e. The Hall–Kier alpha value is -2.32. The molecule has 1 N–H and O–H groups in total. The van der Waals surface area contributed by atoms with E-state index in [1.165, 1.54) is 15.8 Å². The van der Waals surface area contributed by atoms with Crippen molar-refractivity contribution >= 4 is 44.5 Å². The number of carbonyl (C=O) groups is 1. The number of aromatic nitrogens is 2. The third kappa shape index (κ3) is 3.23. The molecule has 1 aliphatic rings. The van der Waals surface area contributed by atoms with E-state index < -0.39 is 6.04 Å². The minimum atomic E-state index is -0.684. The Kier molecular flexibility index (Phi) is 4.92. The Bertz CT molecular complexity index is 1080. The highest BCUT2D eigenvalue weighted by Gasteiger charge is 2.24. The second-order valence-electron chi connectivity index (χ2n) is 6.54. The third-order valence-electron chi connectivity index (χ3n) is 4.89. The summed E-state index contributed by atoms with van der Waals surface area (Å²) in [4.78, 5) is 33.1. The Morgan fingerprint density at radius 1 is 1.44 bits per heavy atom. The molecule has 140 valence electrons. The monoisotopic (exact) mass is 400 g/mol. The topological polar surface area (TPSA) is 76.3 Å². The number of nitrogens with zero attached hydrogens (tertiary/aromatic N) is 3. The van der Waals surface area contributed by atoms with Gasteiger partial charge in [0.25, 0.3) is 11.5 Å². The van der Waals surface area contributed by atoms with Crippen molar-refractivity contribution in [2.24, 2.45) is 5.10 Å². The number of rotatable bonds is 5. The van der Waals surface area contributed by atoms with Gasteiger partial charge in [0.1, 0.15) is 10.9 Å². The number of hydrogen-bond donors (Lipinski definition) is 1. The molecule has 0 aromatic carbocycles. The molecule has 27 heavy (non-hydrogen) atoms. The van der Waals surface area contributed by atoms with Crippen LogP contribution in [0, 0.1) is 0 Å². The summed E-state index contributed by atoms with van der Waals surface area (Å²) < 4.78 is 1.41. The van der Waals surface area contributed by atoms with Gasteiger partial charge in [0, 0.05) is 4.88 Å². The molecule has 4 rings (SSSR count).